The van der Waals surface area contributed by atoms with Crippen molar-refractivity contribution < 1.29 is 4.58 Å². The van der Waals surface area contributed by atoms with E-state index in [1.165, 1.54) is 11.1 Å². The largest absolute Gasteiger partial charge is 0.202 e. The Balaban J connectivity index is 4.96. The molecule has 0 bridgehead atoms. The molecule has 0 heterocycles. The number of likely N-dealkylation sites (N-methyl/N-ethyl adjacent to an activating group) is 1. The molecule has 0 rings (SSSR count). The standard InChI is InChI=1S/C13H20N/c1-7-9-11(3)12(4)13(5)14(6)10-8-2/h7-10H,2,5H2,1,3-4,6H3/q+1. The molecule has 0 aliphatic carbocycles. The summed E-state index contributed by atoms with van der Waals surface area (Å²) in [5, 5.41) is 0. The van der Waals surface area contributed by atoms with Crippen molar-refractivity contribution in [1.29, 1.82) is 0 Å². The molecule has 0 aromatic rings. The average molecular weight is 190 g/mol. The predicted molar refractivity (Wildman–Crippen MR) is 64.8 cm³/mol. The van der Waals surface area contributed by atoms with Crippen molar-refractivity contribution in [3.63, 3.8) is 0 Å². The van der Waals surface area contributed by atoms with Crippen LogP contribution in [-0.4, -0.2) is 17.8 Å². The number of hydrogen-bond donors (Lipinski definition) is 0. The Morgan fingerprint density at radius 1 is 1.29 bits per heavy atom. The maximum absolute atomic E-state index is 4.03. The minimum absolute atomic E-state index is 1.00. The van der Waals surface area contributed by atoms with Crippen LogP contribution in [-0.2, 0) is 0 Å². The van der Waals surface area contributed by atoms with Crippen LogP contribution in [0.4, 0.5) is 0 Å². The Kier molecular flexibility index (Phi) is 5.54. The quantitative estimate of drug-likeness (QED) is 0.363. The van der Waals surface area contributed by atoms with E-state index in [0.29, 0.717) is 0 Å². The average Bonchev–Trinajstić information content (AvgIpc) is 2.16. The van der Waals surface area contributed by atoms with Gasteiger partial charge in [-0.2, -0.15) is 0 Å². The first-order valence-electron chi connectivity index (χ1n) is 4.72. The number of rotatable bonds is 4. The lowest BCUT2D eigenvalue weighted by molar-refractivity contribution is -0.433. The normalized spacial score (nSPS) is 14.1. The Hall–Kier alpha value is -1.37. The first-order chi connectivity index (χ1) is 6.54. The summed E-state index contributed by atoms with van der Waals surface area (Å²) >= 11 is 0. The van der Waals surface area contributed by atoms with Crippen LogP contribution in [0.5, 0.6) is 0 Å². The third kappa shape index (κ3) is 3.56. The molecule has 0 fully saturated rings. The second kappa shape index (κ2) is 6.14. The van der Waals surface area contributed by atoms with Crippen LogP contribution < -0.4 is 0 Å². The molecule has 0 radical (unpaired) electrons. The molecule has 0 N–H and O–H groups in total. The second-order valence-electron chi connectivity index (χ2n) is 3.25. The van der Waals surface area contributed by atoms with Gasteiger partial charge in [-0.1, -0.05) is 18.7 Å². The van der Waals surface area contributed by atoms with Gasteiger partial charge >= 0.3 is 0 Å². The summed E-state index contributed by atoms with van der Waals surface area (Å²) in [5.41, 5.74) is 3.44. The Labute approximate surface area is 87.5 Å². The highest BCUT2D eigenvalue weighted by Crippen LogP contribution is 2.13. The maximum atomic E-state index is 4.03. The molecule has 0 aromatic heterocycles. The SMILES string of the molecule is C=CC=[N+](C)C(=C)C(C)=C(C)C=CC. The van der Waals surface area contributed by atoms with E-state index < -0.39 is 0 Å². The fourth-order valence-electron chi connectivity index (χ4n) is 1.12. The third-order valence-corrected chi connectivity index (χ3v) is 2.20. The van der Waals surface area contributed by atoms with Gasteiger partial charge in [0, 0.05) is 5.57 Å². The summed E-state index contributed by atoms with van der Waals surface area (Å²) in [7, 11) is 1.97. The van der Waals surface area contributed by atoms with Gasteiger partial charge in [0.15, 0.2) is 6.21 Å². The van der Waals surface area contributed by atoms with Gasteiger partial charge in [-0.15, -0.1) is 0 Å². The molecule has 1 nitrogen and oxygen atoms in total. The molecule has 0 spiro atoms. The monoisotopic (exact) mass is 190 g/mol. The molecule has 0 amide bonds. The first-order valence-corrected chi connectivity index (χ1v) is 4.72. The van der Waals surface area contributed by atoms with Crippen LogP contribution in [0.15, 0.2) is 48.2 Å². The van der Waals surface area contributed by atoms with Gasteiger partial charge in [-0.05, 0) is 39.0 Å². The van der Waals surface area contributed by atoms with E-state index in [1.54, 1.807) is 6.08 Å². The van der Waals surface area contributed by atoms with Gasteiger partial charge in [0.2, 0.25) is 5.70 Å². The van der Waals surface area contributed by atoms with Crippen LogP contribution in [0, 0.1) is 0 Å². The maximum Gasteiger partial charge on any atom is 0.200 e. The second-order valence-corrected chi connectivity index (χ2v) is 3.25. The van der Waals surface area contributed by atoms with Gasteiger partial charge in [-0.25, -0.2) is 4.58 Å². The Morgan fingerprint density at radius 2 is 1.86 bits per heavy atom. The molecular formula is C13H20N+. The topological polar surface area (TPSA) is 3.01 Å². The van der Waals surface area contributed by atoms with Crippen molar-refractivity contribution in [3.05, 3.63) is 48.2 Å². The highest BCUT2D eigenvalue weighted by atomic mass is 15.0. The molecule has 0 aliphatic rings. The van der Waals surface area contributed by atoms with Crippen LogP contribution in [0.1, 0.15) is 20.8 Å². The van der Waals surface area contributed by atoms with Crippen molar-refractivity contribution in [2.45, 2.75) is 20.8 Å². The lowest BCUT2D eigenvalue weighted by Gasteiger charge is -2.03. The Bertz CT molecular complexity index is 314. The van der Waals surface area contributed by atoms with Crippen molar-refractivity contribution >= 4 is 6.21 Å². The fraction of sp³-hybridized carbons (Fsp3) is 0.308. The number of allylic oxidation sites excluding steroid dienone is 5. The lowest BCUT2D eigenvalue weighted by atomic mass is 10.1. The predicted octanol–water partition coefficient (Wildman–Crippen LogP) is 3.31. The molecule has 0 unspecified atom stereocenters. The zero-order chi connectivity index (χ0) is 11.1. The van der Waals surface area contributed by atoms with Crippen LogP contribution in [0.25, 0.3) is 0 Å². The smallest absolute Gasteiger partial charge is 0.200 e. The zero-order valence-corrected chi connectivity index (χ0v) is 9.67. The molecular weight excluding hydrogens is 170 g/mol. The van der Waals surface area contributed by atoms with E-state index >= 15 is 0 Å². The summed E-state index contributed by atoms with van der Waals surface area (Å²) in [6.07, 6.45) is 7.77. The zero-order valence-electron chi connectivity index (χ0n) is 9.67. The van der Waals surface area contributed by atoms with Gasteiger partial charge in [0.05, 0.1) is 0 Å². The van der Waals surface area contributed by atoms with Crippen molar-refractivity contribution in [1.82, 2.24) is 0 Å². The number of nitrogens with zero attached hydrogens (tertiary/aromatic N) is 1. The lowest BCUT2D eigenvalue weighted by Crippen LogP contribution is -2.06. The van der Waals surface area contributed by atoms with Crippen molar-refractivity contribution in [3.8, 4) is 0 Å². The minimum atomic E-state index is 1.00. The van der Waals surface area contributed by atoms with Crippen LogP contribution in [0.2, 0.25) is 0 Å². The van der Waals surface area contributed by atoms with E-state index in [9.17, 15) is 0 Å². The number of hydrogen-bond acceptors (Lipinski definition) is 0. The van der Waals surface area contributed by atoms with Crippen LogP contribution >= 0.6 is 0 Å². The Morgan fingerprint density at radius 3 is 2.29 bits per heavy atom. The van der Waals surface area contributed by atoms with Gasteiger partial charge in [0.25, 0.3) is 0 Å². The summed E-state index contributed by atoms with van der Waals surface area (Å²) in [5.74, 6) is 0. The summed E-state index contributed by atoms with van der Waals surface area (Å²) in [6.45, 7) is 13.9. The molecule has 1 heteroatoms. The minimum Gasteiger partial charge on any atom is -0.202 e. The van der Waals surface area contributed by atoms with E-state index in [-0.39, 0.29) is 0 Å². The highest BCUT2D eigenvalue weighted by molar-refractivity contribution is 5.65. The first kappa shape index (κ1) is 12.6. The molecule has 0 aromatic carbocycles. The van der Waals surface area contributed by atoms with Gasteiger partial charge in [-0.3, -0.25) is 0 Å². The summed E-state index contributed by atoms with van der Waals surface area (Å²) in [4.78, 5) is 0. The third-order valence-electron chi connectivity index (χ3n) is 2.20. The highest BCUT2D eigenvalue weighted by Gasteiger charge is 2.07. The fourth-order valence-corrected chi connectivity index (χ4v) is 1.12. The molecule has 0 saturated carbocycles. The molecule has 0 saturated heterocycles. The van der Waals surface area contributed by atoms with E-state index in [1.807, 2.05) is 30.8 Å². The van der Waals surface area contributed by atoms with Gasteiger partial charge in [0.1, 0.15) is 7.05 Å². The van der Waals surface area contributed by atoms with E-state index in [0.717, 1.165) is 5.70 Å². The molecule has 0 aliphatic heterocycles. The molecule has 14 heavy (non-hydrogen) atoms. The summed E-state index contributed by atoms with van der Waals surface area (Å²) in [6, 6.07) is 0. The van der Waals surface area contributed by atoms with Crippen LogP contribution in [0.3, 0.4) is 0 Å². The van der Waals surface area contributed by atoms with Gasteiger partial charge < -0.3 is 0 Å². The summed E-state index contributed by atoms with van der Waals surface area (Å²) < 4.78 is 1.97. The van der Waals surface area contributed by atoms with Crippen molar-refractivity contribution in [2.24, 2.45) is 0 Å². The molecule has 76 valence electrons. The van der Waals surface area contributed by atoms with E-state index in [2.05, 4.69) is 33.1 Å². The molecule has 0 atom stereocenters. The van der Waals surface area contributed by atoms with E-state index in [4.69, 9.17) is 0 Å². The van der Waals surface area contributed by atoms with Crippen molar-refractivity contribution in [2.75, 3.05) is 7.05 Å².